The van der Waals surface area contributed by atoms with Crippen LogP contribution in [0, 0.1) is 11.8 Å². The van der Waals surface area contributed by atoms with Gasteiger partial charge in [-0.15, -0.1) is 23.5 Å². The van der Waals surface area contributed by atoms with Gasteiger partial charge >= 0.3 is 11.9 Å². The molecule has 0 aromatic carbocycles. The minimum atomic E-state index is -0.931. The van der Waals surface area contributed by atoms with Crippen molar-refractivity contribution in [1.29, 1.82) is 0 Å². The maximum Gasteiger partial charge on any atom is 0.321 e. The standard InChI is InChI=1S/C26H30N4O6S4/c1-15(11-29-19(23(31)32)13-37-21(29)17-3-7-27-8-4-17)25(35)39-40-26(36)16(2)12-30-20(24(33)34)14-38-22(30)18-5-9-28-10-6-18/h3-10,15-16,19-22H,11-14H2,1-2H3,(H,31,32)(H,33,34)/t15-,16-,19?,20?,21?,22?/m0/s1. The number of hydrogen-bond acceptors (Lipinski definition) is 12. The largest absolute Gasteiger partial charge is 0.480 e. The molecule has 0 amide bonds. The fraction of sp³-hybridized carbons (Fsp3) is 0.462. The van der Waals surface area contributed by atoms with Crippen LogP contribution >= 0.6 is 45.1 Å². The van der Waals surface area contributed by atoms with E-state index in [1.165, 1.54) is 23.5 Å². The van der Waals surface area contributed by atoms with E-state index in [9.17, 15) is 29.4 Å². The van der Waals surface area contributed by atoms with Crippen LogP contribution in [0.3, 0.4) is 0 Å². The Morgan fingerprint density at radius 2 is 1.12 bits per heavy atom. The molecule has 2 fully saturated rings. The third-order valence-electron chi connectivity index (χ3n) is 6.76. The topological polar surface area (TPSA) is 141 Å². The van der Waals surface area contributed by atoms with Crippen molar-refractivity contribution in [3.63, 3.8) is 0 Å². The van der Waals surface area contributed by atoms with Gasteiger partial charge in [0.15, 0.2) is 0 Å². The molecule has 0 saturated carbocycles. The van der Waals surface area contributed by atoms with E-state index < -0.39 is 35.9 Å². The molecule has 2 aliphatic heterocycles. The second kappa shape index (κ2) is 14.2. The van der Waals surface area contributed by atoms with E-state index in [-0.39, 0.29) is 34.1 Å². The molecule has 4 heterocycles. The molecule has 10 nitrogen and oxygen atoms in total. The molecule has 14 heteroatoms. The maximum absolute atomic E-state index is 13.0. The molecule has 0 bridgehead atoms. The summed E-state index contributed by atoms with van der Waals surface area (Å²) in [5.41, 5.74) is 1.86. The number of aromatic nitrogens is 2. The third kappa shape index (κ3) is 7.39. The molecule has 0 aliphatic carbocycles. The molecule has 4 rings (SSSR count). The Bertz CT molecular complexity index is 1120. The normalized spacial score (nSPS) is 24.9. The first-order chi connectivity index (χ1) is 19.2. The van der Waals surface area contributed by atoms with Gasteiger partial charge in [-0.05, 0) is 57.0 Å². The maximum atomic E-state index is 13.0. The van der Waals surface area contributed by atoms with Crippen LogP contribution in [0.5, 0.6) is 0 Å². The zero-order valence-electron chi connectivity index (χ0n) is 21.9. The highest BCUT2D eigenvalue weighted by atomic mass is 33.1. The fourth-order valence-electron chi connectivity index (χ4n) is 4.61. The zero-order chi connectivity index (χ0) is 28.8. The molecule has 4 unspecified atom stereocenters. The Morgan fingerprint density at radius 1 is 0.775 bits per heavy atom. The first-order valence-electron chi connectivity index (χ1n) is 12.6. The van der Waals surface area contributed by atoms with Crippen molar-refractivity contribution >= 4 is 67.3 Å². The summed E-state index contributed by atoms with van der Waals surface area (Å²) in [5, 5.41) is 18.7. The predicted octanol–water partition coefficient (Wildman–Crippen LogP) is 3.88. The van der Waals surface area contributed by atoms with E-state index in [0.29, 0.717) is 11.5 Å². The molecule has 2 aromatic heterocycles. The molecule has 6 atom stereocenters. The average Bonchev–Trinajstić information content (AvgIpc) is 3.57. The van der Waals surface area contributed by atoms with Crippen LogP contribution in [0.15, 0.2) is 49.1 Å². The lowest BCUT2D eigenvalue weighted by Gasteiger charge is -2.29. The number of thioether (sulfide) groups is 2. The van der Waals surface area contributed by atoms with Crippen molar-refractivity contribution in [3.05, 3.63) is 60.2 Å². The summed E-state index contributed by atoms with van der Waals surface area (Å²) >= 11 is 3.04. The van der Waals surface area contributed by atoms with Gasteiger partial charge in [0.2, 0.25) is 10.2 Å². The zero-order valence-corrected chi connectivity index (χ0v) is 25.1. The van der Waals surface area contributed by atoms with Gasteiger partial charge in [-0.2, -0.15) is 0 Å². The van der Waals surface area contributed by atoms with Crippen LogP contribution in [0.2, 0.25) is 0 Å². The summed E-state index contributed by atoms with van der Waals surface area (Å²) in [6.45, 7) is 3.97. The highest BCUT2D eigenvalue weighted by Crippen LogP contribution is 2.43. The van der Waals surface area contributed by atoms with E-state index in [1.807, 2.05) is 34.1 Å². The monoisotopic (exact) mass is 622 g/mol. The molecule has 2 N–H and O–H groups in total. The highest BCUT2D eigenvalue weighted by Gasteiger charge is 2.42. The Morgan fingerprint density at radius 3 is 1.45 bits per heavy atom. The van der Waals surface area contributed by atoms with Crippen molar-refractivity contribution < 1.29 is 29.4 Å². The molecule has 2 aliphatic rings. The number of carboxylic acid groups (broad SMARTS) is 2. The molecule has 0 radical (unpaired) electrons. The smallest absolute Gasteiger partial charge is 0.321 e. The summed E-state index contributed by atoms with van der Waals surface area (Å²) in [7, 11) is 1.72. The van der Waals surface area contributed by atoms with Gasteiger partial charge < -0.3 is 10.2 Å². The number of carbonyl (C=O) groups excluding carboxylic acids is 2. The summed E-state index contributed by atoms with van der Waals surface area (Å²) < 4.78 is 0. The lowest BCUT2D eigenvalue weighted by molar-refractivity contribution is -0.143. The predicted molar refractivity (Wildman–Crippen MR) is 159 cm³/mol. The second-order valence-corrected chi connectivity index (χ2v) is 14.0. The number of aliphatic carboxylic acids is 2. The van der Waals surface area contributed by atoms with Gasteiger partial charge in [-0.1, -0.05) is 13.8 Å². The Hall–Kier alpha value is -2.10. The minimum absolute atomic E-state index is 0.201. The molecular weight excluding hydrogens is 593 g/mol. The molecule has 214 valence electrons. The van der Waals surface area contributed by atoms with E-state index in [4.69, 9.17) is 0 Å². The van der Waals surface area contributed by atoms with E-state index in [2.05, 4.69) is 9.97 Å². The summed E-state index contributed by atoms with van der Waals surface area (Å²) in [5.74, 6) is -2.05. The van der Waals surface area contributed by atoms with Crippen molar-refractivity contribution in [1.82, 2.24) is 19.8 Å². The first-order valence-corrected chi connectivity index (χ1v) is 16.8. The van der Waals surface area contributed by atoms with Gasteiger partial charge in [0, 0.05) is 61.2 Å². The van der Waals surface area contributed by atoms with Crippen LogP contribution in [0.1, 0.15) is 35.7 Å². The molecule has 40 heavy (non-hydrogen) atoms. The van der Waals surface area contributed by atoms with Crippen molar-refractivity contribution in [2.75, 3.05) is 24.6 Å². The van der Waals surface area contributed by atoms with Crippen LogP contribution in [-0.2, 0) is 19.2 Å². The number of pyridine rings is 2. The van der Waals surface area contributed by atoms with Crippen LogP contribution in [0.4, 0.5) is 0 Å². The summed E-state index contributed by atoms with van der Waals surface area (Å²) in [6, 6.07) is 5.95. The summed E-state index contributed by atoms with van der Waals surface area (Å²) in [6.07, 6.45) is 6.65. The first kappa shape index (κ1) is 30.8. The Labute approximate surface area is 248 Å². The SMILES string of the molecule is C[C@@H](CN1C(C(=O)O)CSC1c1ccncc1)C(=O)SSC(=O)[C@@H](C)CN1C(C(=O)O)CSC1c1ccncc1. The Balaban J connectivity index is 1.34. The van der Waals surface area contributed by atoms with Crippen LogP contribution in [-0.4, -0.2) is 88.8 Å². The van der Waals surface area contributed by atoms with E-state index >= 15 is 0 Å². The molecule has 2 aromatic rings. The van der Waals surface area contributed by atoms with Crippen molar-refractivity contribution in [2.45, 2.75) is 36.7 Å². The summed E-state index contributed by atoms with van der Waals surface area (Å²) in [4.78, 5) is 61.5. The third-order valence-corrected chi connectivity index (χ3v) is 11.9. The van der Waals surface area contributed by atoms with Gasteiger partial charge in [-0.25, -0.2) is 0 Å². The molecular formula is C26H30N4O6S4. The second-order valence-electron chi connectivity index (χ2n) is 9.64. The molecule has 0 spiro atoms. The fourth-order valence-corrected chi connectivity index (χ4v) is 9.67. The number of nitrogens with zero attached hydrogens (tertiary/aromatic N) is 4. The van der Waals surface area contributed by atoms with Gasteiger partial charge in [0.1, 0.15) is 12.1 Å². The lowest BCUT2D eigenvalue weighted by atomic mass is 10.1. The quantitative estimate of drug-likeness (QED) is 0.370. The van der Waals surface area contributed by atoms with E-state index in [0.717, 1.165) is 32.7 Å². The number of carboxylic acids is 2. The van der Waals surface area contributed by atoms with Crippen LogP contribution < -0.4 is 0 Å². The van der Waals surface area contributed by atoms with Gasteiger partial charge in [-0.3, -0.25) is 38.9 Å². The number of hydrogen-bond donors (Lipinski definition) is 2. The van der Waals surface area contributed by atoms with Crippen molar-refractivity contribution in [3.8, 4) is 0 Å². The average molecular weight is 623 g/mol. The van der Waals surface area contributed by atoms with Crippen LogP contribution in [0.25, 0.3) is 0 Å². The van der Waals surface area contributed by atoms with Gasteiger partial charge in [0.05, 0.1) is 10.7 Å². The number of rotatable bonds is 10. The number of carbonyl (C=O) groups is 4. The van der Waals surface area contributed by atoms with Gasteiger partial charge in [0.25, 0.3) is 0 Å². The lowest BCUT2D eigenvalue weighted by Crippen LogP contribution is -2.42. The van der Waals surface area contributed by atoms with E-state index in [1.54, 1.807) is 38.6 Å². The Kier molecular flexibility index (Phi) is 10.9. The van der Waals surface area contributed by atoms with Crippen molar-refractivity contribution in [2.24, 2.45) is 11.8 Å². The highest BCUT2D eigenvalue weighted by molar-refractivity contribution is 8.87. The minimum Gasteiger partial charge on any atom is -0.480 e. The molecule has 2 saturated heterocycles.